The molecule has 3 nitrogen and oxygen atoms in total. The highest BCUT2D eigenvalue weighted by molar-refractivity contribution is 7.99. The van der Waals surface area contributed by atoms with Crippen LogP contribution >= 0.6 is 11.8 Å². The Balaban J connectivity index is 2.47. The SMILES string of the molecule is CCSCCC(CN)N1CCCN(C)CC1C. The van der Waals surface area contributed by atoms with Gasteiger partial charge in [-0.15, -0.1) is 0 Å². The summed E-state index contributed by atoms with van der Waals surface area (Å²) in [6.07, 6.45) is 2.52. The molecule has 2 atom stereocenters. The molecule has 0 radical (unpaired) electrons. The fourth-order valence-electron chi connectivity index (χ4n) is 2.72. The van der Waals surface area contributed by atoms with Gasteiger partial charge in [0.15, 0.2) is 0 Å². The fraction of sp³-hybridized carbons (Fsp3) is 1.00. The number of thioether (sulfide) groups is 1. The van der Waals surface area contributed by atoms with Gasteiger partial charge >= 0.3 is 0 Å². The van der Waals surface area contributed by atoms with Crippen LogP contribution in [0.4, 0.5) is 0 Å². The van der Waals surface area contributed by atoms with Crippen molar-refractivity contribution in [3.63, 3.8) is 0 Å². The van der Waals surface area contributed by atoms with Gasteiger partial charge in [-0.2, -0.15) is 11.8 Å². The third kappa shape index (κ3) is 5.16. The highest BCUT2D eigenvalue weighted by Crippen LogP contribution is 2.16. The Labute approximate surface area is 111 Å². The maximum atomic E-state index is 5.97. The van der Waals surface area contributed by atoms with Crippen LogP contribution in [-0.2, 0) is 0 Å². The Hall–Kier alpha value is 0.230. The normalized spacial score (nSPS) is 25.8. The summed E-state index contributed by atoms with van der Waals surface area (Å²) in [6, 6.07) is 1.22. The molecule has 1 rings (SSSR count). The van der Waals surface area contributed by atoms with Crippen molar-refractivity contribution in [1.82, 2.24) is 9.80 Å². The van der Waals surface area contributed by atoms with Crippen LogP contribution in [0.2, 0.25) is 0 Å². The van der Waals surface area contributed by atoms with E-state index in [0.29, 0.717) is 12.1 Å². The summed E-state index contributed by atoms with van der Waals surface area (Å²) >= 11 is 2.03. The van der Waals surface area contributed by atoms with E-state index >= 15 is 0 Å². The van der Waals surface area contributed by atoms with E-state index in [1.807, 2.05) is 11.8 Å². The Morgan fingerprint density at radius 3 is 2.82 bits per heavy atom. The fourth-order valence-corrected chi connectivity index (χ4v) is 3.44. The largest absolute Gasteiger partial charge is 0.329 e. The second-order valence-corrected chi connectivity index (χ2v) is 6.47. The average molecular weight is 259 g/mol. The van der Waals surface area contributed by atoms with Crippen molar-refractivity contribution in [3.05, 3.63) is 0 Å². The summed E-state index contributed by atoms with van der Waals surface area (Å²) in [5.41, 5.74) is 5.97. The maximum Gasteiger partial charge on any atom is 0.0229 e. The van der Waals surface area contributed by atoms with Crippen LogP contribution in [0.5, 0.6) is 0 Å². The first-order valence-electron chi connectivity index (χ1n) is 6.91. The molecule has 2 N–H and O–H groups in total. The molecule has 1 heterocycles. The highest BCUT2D eigenvalue weighted by atomic mass is 32.2. The molecule has 1 saturated heterocycles. The monoisotopic (exact) mass is 259 g/mol. The molecule has 0 spiro atoms. The van der Waals surface area contributed by atoms with E-state index in [4.69, 9.17) is 5.73 Å². The zero-order valence-electron chi connectivity index (χ0n) is 11.7. The van der Waals surface area contributed by atoms with Gasteiger partial charge in [0, 0.05) is 31.7 Å². The zero-order valence-corrected chi connectivity index (χ0v) is 12.5. The van der Waals surface area contributed by atoms with Gasteiger partial charge in [0.1, 0.15) is 0 Å². The van der Waals surface area contributed by atoms with E-state index in [0.717, 1.165) is 6.54 Å². The van der Waals surface area contributed by atoms with Crippen LogP contribution in [0.3, 0.4) is 0 Å². The zero-order chi connectivity index (χ0) is 12.7. The Morgan fingerprint density at radius 1 is 1.41 bits per heavy atom. The van der Waals surface area contributed by atoms with Crippen LogP contribution in [0.1, 0.15) is 26.7 Å². The standard InChI is InChI=1S/C13H29N3S/c1-4-17-9-6-13(10-14)16-8-5-7-15(3)11-12(16)2/h12-13H,4-11,14H2,1-3H3. The molecule has 0 aromatic heterocycles. The average Bonchev–Trinajstić information content (AvgIpc) is 2.46. The van der Waals surface area contributed by atoms with E-state index in [1.165, 1.54) is 44.0 Å². The molecular weight excluding hydrogens is 230 g/mol. The molecule has 0 aromatic rings. The van der Waals surface area contributed by atoms with Crippen molar-refractivity contribution in [2.75, 3.05) is 44.7 Å². The van der Waals surface area contributed by atoms with E-state index in [2.05, 4.69) is 30.7 Å². The van der Waals surface area contributed by atoms with Gasteiger partial charge in [-0.1, -0.05) is 6.92 Å². The molecule has 2 unspecified atom stereocenters. The smallest absolute Gasteiger partial charge is 0.0229 e. The molecule has 4 heteroatoms. The first-order chi connectivity index (χ1) is 8.19. The molecule has 1 aliphatic rings. The minimum Gasteiger partial charge on any atom is -0.329 e. The number of rotatable bonds is 6. The van der Waals surface area contributed by atoms with Gasteiger partial charge in [0.2, 0.25) is 0 Å². The topological polar surface area (TPSA) is 32.5 Å². The summed E-state index contributed by atoms with van der Waals surface area (Å²) in [5.74, 6) is 2.47. The van der Waals surface area contributed by atoms with Gasteiger partial charge in [-0.25, -0.2) is 0 Å². The van der Waals surface area contributed by atoms with Crippen molar-refractivity contribution >= 4 is 11.8 Å². The molecule has 1 fully saturated rings. The first-order valence-corrected chi connectivity index (χ1v) is 8.06. The van der Waals surface area contributed by atoms with Crippen LogP contribution in [0.25, 0.3) is 0 Å². The second-order valence-electron chi connectivity index (χ2n) is 5.08. The minimum atomic E-state index is 0.579. The summed E-state index contributed by atoms with van der Waals surface area (Å²) in [5, 5.41) is 0. The minimum absolute atomic E-state index is 0.579. The lowest BCUT2D eigenvalue weighted by Gasteiger charge is -2.35. The van der Waals surface area contributed by atoms with Gasteiger partial charge < -0.3 is 10.6 Å². The molecule has 0 saturated carbocycles. The third-order valence-electron chi connectivity index (χ3n) is 3.64. The predicted molar refractivity (Wildman–Crippen MR) is 78.7 cm³/mol. The van der Waals surface area contributed by atoms with Gasteiger partial charge in [0.25, 0.3) is 0 Å². The first kappa shape index (κ1) is 15.3. The summed E-state index contributed by atoms with van der Waals surface area (Å²) in [4.78, 5) is 5.08. The van der Waals surface area contributed by atoms with Crippen LogP contribution in [0.15, 0.2) is 0 Å². The third-order valence-corrected chi connectivity index (χ3v) is 4.57. The molecule has 0 aromatic carbocycles. The summed E-state index contributed by atoms with van der Waals surface area (Å²) in [6.45, 7) is 8.99. The molecule has 0 aliphatic carbocycles. The number of hydrogen-bond donors (Lipinski definition) is 1. The van der Waals surface area contributed by atoms with Crippen LogP contribution < -0.4 is 5.73 Å². The molecule has 0 bridgehead atoms. The van der Waals surface area contributed by atoms with Crippen molar-refractivity contribution in [3.8, 4) is 0 Å². The van der Waals surface area contributed by atoms with E-state index < -0.39 is 0 Å². The number of nitrogens with two attached hydrogens (primary N) is 1. The van der Waals surface area contributed by atoms with Crippen LogP contribution in [0, 0.1) is 0 Å². The molecule has 17 heavy (non-hydrogen) atoms. The highest BCUT2D eigenvalue weighted by Gasteiger charge is 2.25. The van der Waals surface area contributed by atoms with Crippen molar-refractivity contribution in [1.29, 1.82) is 0 Å². The number of hydrogen-bond acceptors (Lipinski definition) is 4. The van der Waals surface area contributed by atoms with E-state index in [-0.39, 0.29) is 0 Å². The Kier molecular flexibility index (Phi) is 7.51. The lowest BCUT2D eigenvalue weighted by molar-refractivity contribution is 0.143. The second kappa shape index (κ2) is 8.35. The quantitative estimate of drug-likeness (QED) is 0.733. The van der Waals surface area contributed by atoms with Crippen LogP contribution in [-0.4, -0.2) is 66.6 Å². The van der Waals surface area contributed by atoms with Crippen molar-refractivity contribution < 1.29 is 0 Å². The number of likely N-dealkylation sites (N-methyl/N-ethyl adjacent to an activating group) is 1. The van der Waals surface area contributed by atoms with Gasteiger partial charge in [0.05, 0.1) is 0 Å². The molecular formula is C13H29N3S. The maximum absolute atomic E-state index is 5.97. The predicted octanol–water partition coefficient (Wildman–Crippen LogP) is 1.48. The summed E-state index contributed by atoms with van der Waals surface area (Å²) < 4.78 is 0. The van der Waals surface area contributed by atoms with Gasteiger partial charge in [-0.3, -0.25) is 4.90 Å². The Morgan fingerprint density at radius 2 is 2.18 bits per heavy atom. The van der Waals surface area contributed by atoms with Crippen molar-refractivity contribution in [2.45, 2.75) is 38.8 Å². The Bertz CT molecular complexity index is 201. The van der Waals surface area contributed by atoms with E-state index in [1.54, 1.807) is 0 Å². The number of nitrogens with zero attached hydrogens (tertiary/aromatic N) is 2. The molecule has 102 valence electrons. The van der Waals surface area contributed by atoms with Gasteiger partial charge in [-0.05, 0) is 44.9 Å². The lowest BCUT2D eigenvalue weighted by atomic mass is 10.1. The molecule has 0 amide bonds. The molecule has 1 aliphatic heterocycles. The van der Waals surface area contributed by atoms with Crippen molar-refractivity contribution in [2.24, 2.45) is 5.73 Å². The van der Waals surface area contributed by atoms with E-state index in [9.17, 15) is 0 Å². The lowest BCUT2D eigenvalue weighted by Crippen LogP contribution is -2.48. The summed E-state index contributed by atoms with van der Waals surface area (Å²) in [7, 11) is 2.23.